The van der Waals surface area contributed by atoms with Crippen molar-refractivity contribution in [3.8, 4) is 0 Å². The van der Waals surface area contributed by atoms with Gasteiger partial charge < -0.3 is 0 Å². The summed E-state index contributed by atoms with van der Waals surface area (Å²) >= 11 is 0. The van der Waals surface area contributed by atoms with Crippen LogP contribution in [0.5, 0.6) is 0 Å². The zero-order chi connectivity index (χ0) is 19.9. The van der Waals surface area contributed by atoms with E-state index in [1.807, 2.05) is 0 Å². The van der Waals surface area contributed by atoms with Gasteiger partial charge in [0.1, 0.15) is 0 Å². The second-order valence-corrected chi connectivity index (χ2v) is 11.1. The van der Waals surface area contributed by atoms with Crippen molar-refractivity contribution >= 4 is 0 Å². The van der Waals surface area contributed by atoms with E-state index in [9.17, 15) is 0 Å². The molecule has 2 rings (SSSR count). The van der Waals surface area contributed by atoms with Crippen LogP contribution in [0.3, 0.4) is 0 Å². The molecule has 0 aromatic rings. The Bertz CT molecular complexity index is 397. The fourth-order valence-electron chi connectivity index (χ4n) is 7.30. The Morgan fingerprint density at radius 2 is 1.63 bits per heavy atom. The molecule has 0 aromatic carbocycles. The summed E-state index contributed by atoms with van der Waals surface area (Å²) in [5, 5.41) is 0. The van der Waals surface area contributed by atoms with E-state index in [4.69, 9.17) is 0 Å². The third-order valence-electron chi connectivity index (χ3n) is 8.95. The summed E-state index contributed by atoms with van der Waals surface area (Å²) in [5.41, 5.74) is 0.701. The van der Waals surface area contributed by atoms with Gasteiger partial charge in [0, 0.05) is 0 Å². The van der Waals surface area contributed by atoms with Crippen LogP contribution in [-0.2, 0) is 0 Å². The highest BCUT2D eigenvalue weighted by Gasteiger charge is 2.53. The highest BCUT2D eigenvalue weighted by atomic mass is 14.6. The molecule has 160 valence electrons. The van der Waals surface area contributed by atoms with Gasteiger partial charge >= 0.3 is 0 Å². The first-order valence-corrected chi connectivity index (χ1v) is 13.0. The largest absolute Gasteiger partial charge is 0.0654 e. The average molecular weight is 377 g/mol. The topological polar surface area (TPSA) is 0 Å². The number of hydrogen-bond acceptors (Lipinski definition) is 0. The lowest BCUT2D eigenvalue weighted by molar-refractivity contribution is -0.0982. The van der Waals surface area contributed by atoms with Gasteiger partial charge in [-0.1, -0.05) is 99.3 Å². The van der Waals surface area contributed by atoms with Crippen LogP contribution >= 0.6 is 0 Å². The third kappa shape index (κ3) is 5.76. The van der Waals surface area contributed by atoms with Crippen LogP contribution in [0, 0.1) is 40.9 Å². The predicted molar refractivity (Wildman–Crippen MR) is 122 cm³/mol. The molecule has 2 aliphatic carbocycles. The monoisotopic (exact) mass is 376 g/mol. The standard InChI is InChI=1S/C27H52/c1-7-9-12-23(6)27-20-11-10-13-26(27)24(18-19-25(27)8-2)17-16-22(5)15-14-21(3)4/h21-26H,7-20H2,1-6H3. The zero-order valence-electron chi connectivity index (χ0n) is 19.9. The van der Waals surface area contributed by atoms with Crippen LogP contribution in [0.15, 0.2) is 0 Å². The van der Waals surface area contributed by atoms with Gasteiger partial charge in [-0.15, -0.1) is 0 Å². The Morgan fingerprint density at radius 3 is 2.30 bits per heavy atom. The Hall–Kier alpha value is 0. The summed E-state index contributed by atoms with van der Waals surface area (Å²) in [6, 6.07) is 0. The molecule has 0 radical (unpaired) electrons. The van der Waals surface area contributed by atoms with Crippen molar-refractivity contribution in [2.45, 2.75) is 131 Å². The minimum Gasteiger partial charge on any atom is -0.0654 e. The van der Waals surface area contributed by atoms with Crippen LogP contribution in [-0.4, -0.2) is 0 Å². The second kappa shape index (κ2) is 11.3. The van der Waals surface area contributed by atoms with Crippen molar-refractivity contribution in [1.29, 1.82) is 0 Å². The Kier molecular flexibility index (Phi) is 9.70. The summed E-state index contributed by atoms with van der Waals surface area (Å²) in [6.45, 7) is 14.8. The Morgan fingerprint density at radius 1 is 0.852 bits per heavy atom. The van der Waals surface area contributed by atoms with Gasteiger partial charge in [0.2, 0.25) is 0 Å². The fourth-order valence-corrected chi connectivity index (χ4v) is 7.30. The number of rotatable bonds is 11. The maximum Gasteiger partial charge on any atom is -0.0213 e. The van der Waals surface area contributed by atoms with Crippen LogP contribution in [0.1, 0.15) is 131 Å². The van der Waals surface area contributed by atoms with Gasteiger partial charge in [-0.2, -0.15) is 0 Å². The minimum atomic E-state index is 0.701. The molecule has 0 aromatic heterocycles. The number of hydrogen-bond donors (Lipinski definition) is 0. The molecule has 0 heteroatoms. The first kappa shape index (κ1) is 23.3. The molecule has 0 bridgehead atoms. The number of fused-ring (bicyclic) bond motifs is 1. The smallest absolute Gasteiger partial charge is 0.0213 e. The van der Waals surface area contributed by atoms with Crippen molar-refractivity contribution in [1.82, 2.24) is 0 Å². The molecule has 0 spiro atoms. The van der Waals surface area contributed by atoms with Crippen LogP contribution < -0.4 is 0 Å². The molecule has 0 saturated heterocycles. The SMILES string of the molecule is CCCCC(C)C12CCCCC1C(CCC(C)CCC(C)C)CCC2CC. The van der Waals surface area contributed by atoms with Gasteiger partial charge in [-0.3, -0.25) is 0 Å². The molecule has 0 nitrogen and oxygen atoms in total. The van der Waals surface area contributed by atoms with E-state index < -0.39 is 0 Å². The first-order valence-electron chi connectivity index (χ1n) is 13.0. The van der Waals surface area contributed by atoms with Crippen molar-refractivity contribution < 1.29 is 0 Å². The van der Waals surface area contributed by atoms with Gasteiger partial charge in [0.05, 0.1) is 0 Å². The summed E-state index contributed by atoms with van der Waals surface area (Å²) in [4.78, 5) is 0. The first-order chi connectivity index (χ1) is 13.0. The number of unbranched alkanes of at least 4 members (excludes halogenated alkanes) is 1. The van der Waals surface area contributed by atoms with Crippen LogP contribution in [0.4, 0.5) is 0 Å². The molecule has 0 heterocycles. The van der Waals surface area contributed by atoms with Crippen molar-refractivity contribution in [3.05, 3.63) is 0 Å². The molecule has 2 fully saturated rings. The van der Waals surface area contributed by atoms with E-state index in [0.717, 1.165) is 35.5 Å². The molecule has 6 atom stereocenters. The lowest BCUT2D eigenvalue weighted by Crippen LogP contribution is -2.51. The maximum atomic E-state index is 2.66. The minimum absolute atomic E-state index is 0.701. The van der Waals surface area contributed by atoms with Crippen molar-refractivity contribution in [3.63, 3.8) is 0 Å². The maximum absolute atomic E-state index is 2.66. The van der Waals surface area contributed by atoms with Crippen molar-refractivity contribution in [2.75, 3.05) is 0 Å². The lowest BCUT2D eigenvalue weighted by Gasteiger charge is -2.59. The highest BCUT2D eigenvalue weighted by molar-refractivity contribution is 5.02. The van der Waals surface area contributed by atoms with E-state index in [-0.39, 0.29) is 0 Å². The molecular weight excluding hydrogens is 324 g/mol. The quantitative estimate of drug-likeness (QED) is 0.337. The molecular formula is C27H52. The van der Waals surface area contributed by atoms with Gasteiger partial charge in [-0.25, -0.2) is 0 Å². The van der Waals surface area contributed by atoms with Gasteiger partial charge in [0.15, 0.2) is 0 Å². The Balaban J connectivity index is 2.07. The van der Waals surface area contributed by atoms with Gasteiger partial charge in [-0.05, 0) is 73.0 Å². The molecule has 0 amide bonds. The van der Waals surface area contributed by atoms with Crippen molar-refractivity contribution in [2.24, 2.45) is 40.9 Å². The molecule has 6 unspecified atom stereocenters. The van der Waals surface area contributed by atoms with Crippen LogP contribution in [0.25, 0.3) is 0 Å². The van der Waals surface area contributed by atoms with Gasteiger partial charge in [0.25, 0.3) is 0 Å². The van der Waals surface area contributed by atoms with Crippen LogP contribution in [0.2, 0.25) is 0 Å². The summed E-state index contributed by atoms with van der Waals surface area (Å²) in [6.07, 6.45) is 20.9. The summed E-state index contributed by atoms with van der Waals surface area (Å²) < 4.78 is 0. The predicted octanol–water partition coefficient (Wildman–Crippen LogP) is 9.28. The molecule has 0 N–H and O–H groups in total. The van der Waals surface area contributed by atoms with E-state index in [1.165, 1.54) is 70.6 Å². The average Bonchev–Trinajstić information content (AvgIpc) is 2.68. The lowest BCUT2D eigenvalue weighted by atomic mass is 9.46. The zero-order valence-corrected chi connectivity index (χ0v) is 19.9. The second-order valence-electron chi connectivity index (χ2n) is 11.1. The normalized spacial score (nSPS) is 33.7. The fraction of sp³-hybridized carbons (Fsp3) is 1.00. The summed E-state index contributed by atoms with van der Waals surface area (Å²) in [5.74, 6) is 5.87. The Labute approximate surface area is 172 Å². The molecule has 2 saturated carbocycles. The van der Waals surface area contributed by atoms with E-state index in [1.54, 1.807) is 19.3 Å². The van der Waals surface area contributed by atoms with E-state index in [0.29, 0.717) is 5.41 Å². The summed E-state index contributed by atoms with van der Waals surface area (Å²) in [7, 11) is 0. The van der Waals surface area contributed by atoms with E-state index in [2.05, 4.69) is 41.5 Å². The molecule has 27 heavy (non-hydrogen) atoms. The third-order valence-corrected chi connectivity index (χ3v) is 8.95. The molecule has 0 aliphatic heterocycles. The van der Waals surface area contributed by atoms with E-state index >= 15 is 0 Å². The molecule has 2 aliphatic rings. The highest BCUT2D eigenvalue weighted by Crippen LogP contribution is 2.62.